The smallest absolute Gasteiger partial charge is 0.0301 e. The molecule has 0 spiro atoms. The van der Waals surface area contributed by atoms with E-state index in [1.165, 1.54) is 15.6 Å². The summed E-state index contributed by atoms with van der Waals surface area (Å²) in [6, 6.07) is 21.2. The van der Waals surface area contributed by atoms with Crippen LogP contribution in [-0.4, -0.2) is 42.5 Å². The first-order valence-electron chi connectivity index (χ1n) is 8.19. The summed E-state index contributed by atoms with van der Waals surface area (Å²) in [5.74, 6) is 0. The first-order valence-corrected chi connectivity index (χ1v) is 8.99. The maximum absolute atomic E-state index is 3.72. The quantitative estimate of drug-likeness (QED) is 0.776. The second kappa shape index (κ2) is 8.44. The second-order valence-electron chi connectivity index (χ2n) is 6.04. The van der Waals surface area contributed by atoms with E-state index in [1.54, 1.807) is 0 Å². The van der Waals surface area contributed by atoms with Crippen LogP contribution in [0.5, 0.6) is 0 Å². The number of piperazine rings is 1. The third-order valence-corrected chi connectivity index (χ3v) is 4.69. The van der Waals surface area contributed by atoms with Gasteiger partial charge in [-0.3, -0.25) is 9.80 Å². The minimum atomic E-state index is 0.994. The van der Waals surface area contributed by atoms with Crippen molar-refractivity contribution in [3.8, 4) is 0 Å². The molecule has 0 bridgehead atoms. The van der Waals surface area contributed by atoms with Crippen molar-refractivity contribution in [2.45, 2.75) is 6.54 Å². The Labute approximate surface area is 147 Å². The zero-order valence-electron chi connectivity index (χ0n) is 13.4. The summed E-state index contributed by atoms with van der Waals surface area (Å²) < 4.78 is 1.25. The fourth-order valence-corrected chi connectivity index (χ4v) is 3.56. The van der Waals surface area contributed by atoms with Crippen molar-refractivity contribution >= 4 is 22.0 Å². The number of hydrogen-bond acceptors (Lipinski definition) is 2. The van der Waals surface area contributed by atoms with Gasteiger partial charge in [0.2, 0.25) is 0 Å². The van der Waals surface area contributed by atoms with E-state index in [-0.39, 0.29) is 0 Å². The van der Waals surface area contributed by atoms with Gasteiger partial charge in [0.05, 0.1) is 0 Å². The normalized spacial score (nSPS) is 17.3. The minimum absolute atomic E-state index is 0.994. The van der Waals surface area contributed by atoms with Crippen molar-refractivity contribution in [1.29, 1.82) is 0 Å². The lowest BCUT2D eigenvalue weighted by Gasteiger charge is -2.34. The highest BCUT2D eigenvalue weighted by Crippen LogP contribution is 2.15. The molecule has 1 fully saturated rings. The van der Waals surface area contributed by atoms with Crippen molar-refractivity contribution in [3.05, 3.63) is 76.3 Å². The lowest BCUT2D eigenvalue weighted by Crippen LogP contribution is -2.46. The van der Waals surface area contributed by atoms with Gasteiger partial charge in [0.25, 0.3) is 0 Å². The predicted molar refractivity (Wildman–Crippen MR) is 102 cm³/mol. The molecular weight excluding hydrogens is 348 g/mol. The Bertz CT molecular complexity index is 617. The van der Waals surface area contributed by atoms with Crippen molar-refractivity contribution in [2.24, 2.45) is 0 Å². The van der Waals surface area contributed by atoms with Gasteiger partial charge < -0.3 is 0 Å². The van der Waals surface area contributed by atoms with Gasteiger partial charge in [-0.1, -0.05) is 76.6 Å². The Morgan fingerprint density at radius 2 is 1.39 bits per heavy atom. The molecule has 0 unspecified atom stereocenters. The van der Waals surface area contributed by atoms with Crippen molar-refractivity contribution in [2.75, 3.05) is 32.7 Å². The molecule has 3 heteroatoms. The number of nitrogens with zero attached hydrogens (tertiary/aromatic N) is 2. The molecule has 1 heterocycles. The van der Waals surface area contributed by atoms with Gasteiger partial charge in [0.15, 0.2) is 0 Å². The fraction of sp³-hybridized carbons (Fsp3) is 0.300. The van der Waals surface area contributed by atoms with Gasteiger partial charge in [-0.05, 0) is 17.2 Å². The lowest BCUT2D eigenvalue weighted by molar-refractivity contribution is 0.136. The van der Waals surface area contributed by atoms with E-state index in [0.717, 1.165) is 39.3 Å². The van der Waals surface area contributed by atoms with Crippen LogP contribution in [0, 0.1) is 0 Å². The molecule has 1 aliphatic rings. The molecule has 120 valence electrons. The molecule has 1 aliphatic heterocycles. The van der Waals surface area contributed by atoms with Gasteiger partial charge in [-0.25, -0.2) is 0 Å². The second-order valence-corrected chi connectivity index (χ2v) is 7.06. The van der Waals surface area contributed by atoms with Gasteiger partial charge in [0.1, 0.15) is 0 Å². The van der Waals surface area contributed by atoms with E-state index in [2.05, 4.69) is 92.5 Å². The summed E-state index contributed by atoms with van der Waals surface area (Å²) in [5.41, 5.74) is 2.66. The van der Waals surface area contributed by atoms with Crippen molar-refractivity contribution in [1.82, 2.24) is 9.80 Å². The van der Waals surface area contributed by atoms with Crippen LogP contribution >= 0.6 is 15.9 Å². The van der Waals surface area contributed by atoms with E-state index in [0.29, 0.717) is 0 Å². The first-order chi connectivity index (χ1) is 11.3. The zero-order valence-corrected chi connectivity index (χ0v) is 15.0. The maximum Gasteiger partial charge on any atom is 0.0301 e. The Morgan fingerprint density at radius 3 is 2.04 bits per heavy atom. The Hall–Kier alpha value is -1.42. The van der Waals surface area contributed by atoms with Crippen LogP contribution in [0.15, 0.2) is 65.1 Å². The van der Waals surface area contributed by atoms with Crippen LogP contribution in [0.25, 0.3) is 6.08 Å². The summed E-state index contributed by atoms with van der Waals surface area (Å²) in [6.45, 7) is 6.60. The SMILES string of the molecule is Br/C(=C\c1ccccc1)CN1CCN(Cc2ccccc2)CC1. The number of halogens is 1. The highest BCUT2D eigenvalue weighted by molar-refractivity contribution is 9.11. The average Bonchev–Trinajstić information content (AvgIpc) is 2.58. The topological polar surface area (TPSA) is 6.48 Å². The third kappa shape index (κ3) is 5.31. The Balaban J connectivity index is 1.46. The third-order valence-electron chi connectivity index (χ3n) is 4.21. The summed E-state index contributed by atoms with van der Waals surface area (Å²) in [7, 11) is 0. The molecule has 1 saturated heterocycles. The molecule has 23 heavy (non-hydrogen) atoms. The van der Waals surface area contributed by atoms with Gasteiger partial charge in [-0.2, -0.15) is 0 Å². The molecule has 0 atom stereocenters. The van der Waals surface area contributed by atoms with Crippen LogP contribution in [0.2, 0.25) is 0 Å². The summed E-state index contributed by atoms with van der Waals surface area (Å²) in [6.07, 6.45) is 2.22. The van der Waals surface area contributed by atoms with Crippen LogP contribution in [0.3, 0.4) is 0 Å². The van der Waals surface area contributed by atoms with Crippen LogP contribution in [-0.2, 0) is 6.54 Å². The maximum atomic E-state index is 3.72. The average molecular weight is 371 g/mol. The first kappa shape index (κ1) is 16.4. The van der Waals surface area contributed by atoms with E-state index in [9.17, 15) is 0 Å². The summed E-state index contributed by atoms with van der Waals surface area (Å²) in [5, 5.41) is 0. The predicted octanol–water partition coefficient (Wildman–Crippen LogP) is 4.24. The van der Waals surface area contributed by atoms with E-state index < -0.39 is 0 Å². The van der Waals surface area contributed by atoms with Gasteiger partial charge in [0, 0.05) is 43.8 Å². The molecule has 0 saturated carbocycles. The molecule has 0 amide bonds. The number of rotatable bonds is 5. The van der Waals surface area contributed by atoms with E-state index in [1.807, 2.05) is 0 Å². The molecule has 0 aromatic heterocycles. The van der Waals surface area contributed by atoms with Gasteiger partial charge >= 0.3 is 0 Å². The fourth-order valence-electron chi connectivity index (χ4n) is 2.94. The van der Waals surface area contributed by atoms with Crippen LogP contribution in [0.1, 0.15) is 11.1 Å². The number of hydrogen-bond donors (Lipinski definition) is 0. The summed E-state index contributed by atoms with van der Waals surface area (Å²) in [4.78, 5) is 5.06. The largest absolute Gasteiger partial charge is 0.297 e. The molecule has 3 rings (SSSR count). The van der Waals surface area contributed by atoms with E-state index >= 15 is 0 Å². The molecule has 0 N–H and O–H groups in total. The summed E-state index contributed by atoms with van der Waals surface area (Å²) >= 11 is 3.72. The highest BCUT2D eigenvalue weighted by atomic mass is 79.9. The monoisotopic (exact) mass is 370 g/mol. The molecule has 0 aliphatic carbocycles. The van der Waals surface area contributed by atoms with Crippen molar-refractivity contribution < 1.29 is 0 Å². The standard InChI is InChI=1S/C20H23BrN2/c21-20(15-18-7-3-1-4-8-18)17-23-13-11-22(12-14-23)16-19-9-5-2-6-10-19/h1-10,15H,11-14,16-17H2/b20-15-. The zero-order chi connectivity index (χ0) is 15.9. The van der Waals surface area contributed by atoms with Crippen molar-refractivity contribution in [3.63, 3.8) is 0 Å². The molecular formula is C20H23BrN2. The Morgan fingerprint density at radius 1 is 0.826 bits per heavy atom. The number of benzene rings is 2. The molecule has 2 aromatic rings. The van der Waals surface area contributed by atoms with Crippen LogP contribution in [0.4, 0.5) is 0 Å². The minimum Gasteiger partial charge on any atom is -0.297 e. The highest BCUT2D eigenvalue weighted by Gasteiger charge is 2.17. The molecule has 2 nitrogen and oxygen atoms in total. The van der Waals surface area contributed by atoms with Gasteiger partial charge in [-0.15, -0.1) is 0 Å². The Kier molecular flexibility index (Phi) is 6.03. The molecule has 2 aromatic carbocycles. The molecule has 0 radical (unpaired) electrons. The lowest BCUT2D eigenvalue weighted by atomic mass is 10.2. The van der Waals surface area contributed by atoms with Crippen LogP contribution < -0.4 is 0 Å². The van der Waals surface area contributed by atoms with E-state index in [4.69, 9.17) is 0 Å².